The molecule has 1 atom stereocenters. The molecule has 0 aliphatic heterocycles. The zero-order valence-corrected chi connectivity index (χ0v) is 9.88. The molecule has 1 N–H and O–H groups in total. The van der Waals surface area contributed by atoms with Gasteiger partial charge in [0.05, 0.1) is 12.2 Å². The third-order valence-corrected chi connectivity index (χ3v) is 2.94. The molecule has 0 radical (unpaired) electrons. The third-order valence-electron chi connectivity index (χ3n) is 2.94. The van der Waals surface area contributed by atoms with Crippen LogP contribution in [-0.2, 0) is 4.74 Å². The van der Waals surface area contributed by atoms with E-state index < -0.39 is 0 Å². The SMILES string of the molecule is CCCNCC(OC1CCC1)C(C)C. The van der Waals surface area contributed by atoms with Crippen molar-refractivity contribution in [2.24, 2.45) is 5.92 Å². The molecule has 1 aliphatic carbocycles. The molecule has 2 heteroatoms. The van der Waals surface area contributed by atoms with Gasteiger partial charge in [-0.15, -0.1) is 0 Å². The van der Waals surface area contributed by atoms with Crippen LogP contribution in [0.1, 0.15) is 46.5 Å². The molecule has 0 aromatic rings. The minimum atomic E-state index is 0.409. The quantitative estimate of drug-likeness (QED) is 0.636. The summed E-state index contributed by atoms with van der Waals surface area (Å²) in [6.45, 7) is 8.82. The molecule has 1 unspecified atom stereocenters. The van der Waals surface area contributed by atoms with Crippen LogP contribution in [0, 0.1) is 5.92 Å². The molecule has 0 aromatic heterocycles. The van der Waals surface area contributed by atoms with E-state index in [2.05, 4.69) is 26.1 Å². The van der Waals surface area contributed by atoms with Gasteiger partial charge in [0.15, 0.2) is 0 Å². The van der Waals surface area contributed by atoms with Gasteiger partial charge >= 0.3 is 0 Å². The van der Waals surface area contributed by atoms with Crippen molar-refractivity contribution in [2.75, 3.05) is 13.1 Å². The van der Waals surface area contributed by atoms with Gasteiger partial charge in [-0.1, -0.05) is 20.8 Å². The van der Waals surface area contributed by atoms with Gasteiger partial charge in [-0.2, -0.15) is 0 Å². The van der Waals surface area contributed by atoms with Crippen LogP contribution in [0.15, 0.2) is 0 Å². The van der Waals surface area contributed by atoms with Gasteiger partial charge in [-0.05, 0) is 38.1 Å². The lowest BCUT2D eigenvalue weighted by atomic mass is 9.95. The Morgan fingerprint density at radius 3 is 2.50 bits per heavy atom. The Labute approximate surface area is 88.4 Å². The van der Waals surface area contributed by atoms with Crippen LogP contribution in [0.4, 0.5) is 0 Å². The zero-order chi connectivity index (χ0) is 10.4. The van der Waals surface area contributed by atoms with Crippen molar-refractivity contribution in [3.05, 3.63) is 0 Å². The molecule has 0 bridgehead atoms. The number of ether oxygens (including phenoxy) is 1. The maximum Gasteiger partial charge on any atom is 0.0726 e. The summed E-state index contributed by atoms with van der Waals surface area (Å²) in [4.78, 5) is 0. The van der Waals surface area contributed by atoms with Gasteiger partial charge in [-0.25, -0.2) is 0 Å². The summed E-state index contributed by atoms with van der Waals surface area (Å²) in [5.74, 6) is 0.625. The number of nitrogens with one attached hydrogen (secondary N) is 1. The molecule has 84 valence electrons. The van der Waals surface area contributed by atoms with Crippen LogP contribution in [0.3, 0.4) is 0 Å². The first kappa shape index (κ1) is 12.0. The second kappa shape index (κ2) is 6.41. The van der Waals surface area contributed by atoms with Crippen molar-refractivity contribution < 1.29 is 4.74 Å². The molecule has 1 rings (SSSR count). The first-order valence-corrected chi connectivity index (χ1v) is 6.10. The van der Waals surface area contributed by atoms with Crippen LogP contribution >= 0.6 is 0 Å². The fourth-order valence-corrected chi connectivity index (χ4v) is 1.62. The van der Waals surface area contributed by atoms with E-state index in [0.717, 1.165) is 13.1 Å². The van der Waals surface area contributed by atoms with Gasteiger partial charge in [-0.3, -0.25) is 0 Å². The lowest BCUT2D eigenvalue weighted by Crippen LogP contribution is -2.38. The first-order valence-electron chi connectivity index (χ1n) is 6.10. The molecular weight excluding hydrogens is 174 g/mol. The maximum atomic E-state index is 6.03. The van der Waals surface area contributed by atoms with Crippen molar-refractivity contribution in [1.82, 2.24) is 5.32 Å². The second-order valence-corrected chi connectivity index (χ2v) is 4.68. The van der Waals surface area contributed by atoms with Crippen LogP contribution in [0.5, 0.6) is 0 Å². The van der Waals surface area contributed by atoms with E-state index in [0.29, 0.717) is 18.1 Å². The average molecular weight is 199 g/mol. The highest BCUT2D eigenvalue weighted by molar-refractivity contribution is 4.74. The third kappa shape index (κ3) is 3.97. The summed E-state index contributed by atoms with van der Waals surface area (Å²) >= 11 is 0. The van der Waals surface area contributed by atoms with E-state index in [4.69, 9.17) is 4.74 Å². The predicted octanol–water partition coefficient (Wildman–Crippen LogP) is 2.58. The molecule has 0 spiro atoms. The maximum absolute atomic E-state index is 6.03. The van der Waals surface area contributed by atoms with Crippen molar-refractivity contribution in [2.45, 2.75) is 58.7 Å². The molecule has 2 nitrogen and oxygen atoms in total. The predicted molar refractivity (Wildman–Crippen MR) is 60.5 cm³/mol. The van der Waals surface area contributed by atoms with Crippen molar-refractivity contribution >= 4 is 0 Å². The highest BCUT2D eigenvalue weighted by atomic mass is 16.5. The fourth-order valence-electron chi connectivity index (χ4n) is 1.62. The van der Waals surface area contributed by atoms with Gasteiger partial charge in [0.25, 0.3) is 0 Å². The van der Waals surface area contributed by atoms with Crippen molar-refractivity contribution in [3.8, 4) is 0 Å². The molecule has 1 saturated carbocycles. The largest absolute Gasteiger partial charge is 0.373 e. The van der Waals surface area contributed by atoms with Crippen LogP contribution < -0.4 is 5.32 Å². The molecule has 0 heterocycles. The summed E-state index contributed by atoms with van der Waals surface area (Å²) in [7, 11) is 0. The average Bonchev–Trinajstić information content (AvgIpc) is 2.07. The van der Waals surface area contributed by atoms with E-state index in [1.807, 2.05) is 0 Å². The Balaban J connectivity index is 2.16. The minimum absolute atomic E-state index is 0.409. The van der Waals surface area contributed by atoms with E-state index in [-0.39, 0.29) is 0 Å². The number of hydrogen-bond acceptors (Lipinski definition) is 2. The Bertz CT molecular complexity index is 143. The highest BCUT2D eigenvalue weighted by Gasteiger charge is 2.23. The van der Waals surface area contributed by atoms with Gasteiger partial charge in [0.1, 0.15) is 0 Å². The lowest BCUT2D eigenvalue weighted by Gasteiger charge is -2.32. The highest BCUT2D eigenvalue weighted by Crippen LogP contribution is 2.24. The monoisotopic (exact) mass is 199 g/mol. The molecule has 0 aromatic carbocycles. The van der Waals surface area contributed by atoms with Crippen LogP contribution in [0.2, 0.25) is 0 Å². The molecule has 1 aliphatic rings. The minimum Gasteiger partial charge on any atom is -0.373 e. The molecule has 0 amide bonds. The Morgan fingerprint density at radius 1 is 1.36 bits per heavy atom. The summed E-state index contributed by atoms with van der Waals surface area (Å²) in [6.07, 6.45) is 6.08. The Hall–Kier alpha value is -0.0800. The molecule has 0 saturated heterocycles. The number of rotatable bonds is 7. The Morgan fingerprint density at radius 2 is 2.07 bits per heavy atom. The van der Waals surface area contributed by atoms with E-state index in [1.54, 1.807) is 0 Å². The summed E-state index contributed by atoms with van der Waals surface area (Å²) in [5, 5.41) is 3.45. The molecule has 14 heavy (non-hydrogen) atoms. The smallest absolute Gasteiger partial charge is 0.0726 e. The standard InChI is InChI=1S/C12H25NO/c1-4-8-13-9-12(10(2)3)14-11-6-5-7-11/h10-13H,4-9H2,1-3H3. The van der Waals surface area contributed by atoms with Gasteiger partial charge in [0, 0.05) is 6.54 Å². The van der Waals surface area contributed by atoms with Gasteiger partial charge < -0.3 is 10.1 Å². The van der Waals surface area contributed by atoms with Crippen molar-refractivity contribution in [3.63, 3.8) is 0 Å². The normalized spacial score (nSPS) is 19.7. The summed E-state index contributed by atoms with van der Waals surface area (Å²) in [5.41, 5.74) is 0. The second-order valence-electron chi connectivity index (χ2n) is 4.68. The zero-order valence-electron chi connectivity index (χ0n) is 9.88. The molecular formula is C12H25NO. The van der Waals surface area contributed by atoms with Crippen molar-refractivity contribution in [1.29, 1.82) is 0 Å². The fraction of sp³-hybridized carbons (Fsp3) is 1.00. The van der Waals surface area contributed by atoms with E-state index >= 15 is 0 Å². The summed E-state index contributed by atoms with van der Waals surface area (Å²) < 4.78 is 6.03. The Kier molecular flexibility index (Phi) is 5.49. The summed E-state index contributed by atoms with van der Waals surface area (Å²) in [6, 6.07) is 0. The van der Waals surface area contributed by atoms with E-state index in [9.17, 15) is 0 Å². The molecule has 1 fully saturated rings. The topological polar surface area (TPSA) is 21.3 Å². The number of hydrogen-bond donors (Lipinski definition) is 1. The van der Waals surface area contributed by atoms with E-state index in [1.165, 1.54) is 25.7 Å². The lowest BCUT2D eigenvalue weighted by molar-refractivity contribution is -0.0684. The van der Waals surface area contributed by atoms with Gasteiger partial charge in [0.2, 0.25) is 0 Å². The first-order chi connectivity index (χ1) is 6.74. The van der Waals surface area contributed by atoms with Crippen LogP contribution in [0.25, 0.3) is 0 Å². The van der Waals surface area contributed by atoms with Crippen LogP contribution in [-0.4, -0.2) is 25.3 Å².